The molecule has 1 aliphatic rings. The molecule has 0 saturated carbocycles. The molecule has 4 heteroatoms. The molecule has 0 atom stereocenters. The zero-order valence-electron chi connectivity index (χ0n) is 7.67. The molecular weight excluding hydrogens is 156 g/mol. The van der Waals surface area contributed by atoms with Crippen molar-refractivity contribution in [2.75, 3.05) is 27.3 Å². The van der Waals surface area contributed by atoms with E-state index in [0.29, 0.717) is 26.1 Å². The molecule has 0 aliphatic carbocycles. The minimum Gasteiger partial charge on any atom is -0.381 e. The Bertz CT molecular complexity index is 174. The molecule has 0 radical (unpaired) electrons. The van der Waals surface area contributed by atoms with Crippen molar-refractivity contribution < 1.29 is 9.53 Å². The lowest BCUT2D eigenvalue weighted by atomic mass is 9.88. The van der Waals surface area contributed by atoms with Crippen molar-refractivity contribution in [1.29, 1.82) is 0 Å². The van der Waals surface area contributed by atoms with Crippen molar-refractivity contribution >= 4 is 5.91 Å². The van der Waals surface area contributed by atoms with E-state index in [0.717, 1.165) is 0 Å². The minimum atomic E-state index is -0.474. The van der Waals surface area contributed by atoms with Gasteiger partial charge in [-0.1, -0.05) is 0 Å². The quantitative estimate of drug-likeness (QED) is 0.615. The van der Waals surface area contributed by atoms with Gasteiger partial charge < -0.3 is 10.5 Å². The van der Waals surface area contributed by atoms with E-state index >= 15 is 0 Å². The van der Waals surface area contributed by atoms with Crippen LogP contribution in [-0.2, 0) is 9.53 Å². The number of amides is 1. The second-order valence-electron chi connectivity index (χ2n) is 3.40. The fourth-order valence-corrected chi connectivity index (χ4v) is 1.62. The summed E-state index contributed by atoms with van der Waals surface area (Å²) in [6, 6.07) is 0. The molecule has 70 valence electrons. The summed E-state index contributed by atoms with van der Waals surface area (Å²) >= 11 is 0. The summed E-state index contributed by atoms with van der Waals surface area (Å²) in [7, 11) is 3.77. The van der Waals surface area contributed by atoms with Crippen molar-refractivity contribution in [3.05, 3.63) is 0 Å². The zero-order chi connectivity index (χ0) is 9.19. The molecule has 0 aromatic carbocycles. The average molecular weight is 172 g/mol. The van der Waals surface area contributed by atoms with Gasteiger partial charge in [0.15, 0.2) is 0 Å². The van der Waals surface area contributed by atoms with Crippen molar-refractivity contribution in [3.8, 4) is 0 Å². The first-order valence-corrected chi connectivity index (χ1v) is 4.15. The molecule has 0 unspecified atom stereocenters. The van der Waals surface area contributed by atoms with Crippen LogP contribution in [0, 0.1) is 0 Å². The molecule has 0 bridgehead atoms. The van der Waals surface area contributed by atoms with E-state index in [1.165, 1.54) is 0 Å². The number of nitrogens with zero attached hydrogens (tertiary/aromatic N) is 1. The third-order valence-electron chi connectivity index (χ3n) is 2.63. The maximum atomic E-state index is 11.2. The van der Waals surface area contributed by atoms with Gasteiger partial charge in [0.25, 0.3) is 0 Å². The zero-order valence-corrected chi connectivity index (χ0v) is 7.67. The Hall–Kier alpha value is -0.610. The number of hydrogen-bond donors (Lipinski definition) is 1. The third kappa shape index (κ3) is 1.44. The lowest BCUT2D eigenvalue weighted by Crippen LogP contribution is -2.57. The second kappa shape index (κ2) is 3.41. The number of rotatable bonds is 2. The Labute approximate surface area is 72.7 Å². The molecule has 12 heavy (non-hydrogen) atoms. The highest BCUT2D eigenvalue weighted by Gasteiger charge is 2.40. The van der Waals surface area contributed by atoms with Crippen LogP contribution in [0.5, 0.6) is 0 Å². The van der Waals surface area contributed by atoms with Crippen LogP contribution in [0.2, 0.25) is 0 Å². The molecule has 0 spiro atoms. The van der Waals surface area contributed by atoms with Crippen LogP contribution in [0.1, 0.15) is 12.8 Å². The van der Waals surface area contributed by atoms with Gasteiger partial charge in [0.1, 0.15) is 5.54 Å². The van der Waals surface area contributed by atoms with Crippen LogP contribution in [0.3, 0.4) is 0 Å². The van der Waals surface area contributed by atoms with Gasteiger partial charge in [-0.05, 0) is 26.9 Å². The van der Waals surface area contributed by atoms with Gasteiger partial charge in [-0.2, -0.15) is 0 Å². The van der Waals surface area contributed by atoms with Gasteiger partial charge in [-0.25, -0.2) is 0 Å². The van der Waals surface area contributed by atoms with Gasteiger partial charge in [0, 0.05) is 13.2 Å². The summed E-state index contributed by atoms with van der Waals surface area (Å²) in [6.45, 7) is 1.25. The monoisotopic (exact) mass is 172 g/mol. The summed E-state index contributed by atoms with van der Waals surface area (Å²) in [5, 5.41) is 0. The van der Waals surface area contributed by atoms with Crippen LogP contribution in [0.4, 0.5) is 0 Å². The van der Waals surface area contributed by atoms with Crippen LogP contribution >= 0.6 is 0 Å². The number of likely N-dealkylation sites (N-methyl/N-ethyl adjacent to an activating group) is 1. The van der Waals surface area contributed by atoms with Crippen LogP contribution < -0.4 is 5.73 Å². The molecule has 1 saturated heterocycles. The number of hydrogen-bond acceptors (Lipinski definition) is 3. The molecule has 0 aromatic heterocycles. The molecule has 1 rings (SSSR count). The highest BCUT2D eigenvalue weighted by Crippen LogP contribution is 2.25. The molecule has 1 amide bonds. The van der Waals surface area contributed by atoms with Gasteiger partial charge >= 0.3 is 0 Å². The third-order valence-corrected chi connectivity index (χ3v) is 2.63. The van der Waals surface area contributed by atoms with Crippen LogP contribution in [-0.4, -0.2) is 43.7 Å². The summed E-state index contributed by atoms with van der Waals surface area (Å²) in [5.74, 6) is -0.240. The maximum Gasteiger partial charge on any atom is 0.238 e. The fraction of sp³-hybridized carbons (Fsp3) is 0.875. The average Bonchev–Trinajstić information content (AvgIpc) is 2.05. The smallest absolute Gasteiger partial charge is 0.238 e. The number of carbonyl (C=O) groups excluding carboxylic acids is 1. The Morgan fingerprint density at radius 3 is 2.17 bits per heavy atom. The van der Waals surface area contributed by atoms with E-state index in [2.05, 4.69) is 0 Å². The number of ether oxygens (including phenoxy) is 1. The van der Waals surface area contributed by atoms with Crippen molar-refractivity contribution in [2.24, 2.45) is 5.73 Å². The van der Waals surface area contributed by atoms with Gasteiger partial charge in [0.2, 0.25) is 5.91 Å². The van der Waals surface area contributed by atoms with Crippen LogP contribution in [0.25, 0.3) is 0 Å². The van der Waals surface area contributed by atoms with E-state index in [4.69, 9.17) is 10.5 Å². The maximum absolute atomic E-state index is 11.2. The van der Waals surface area contributed by atoms with E-state index < -0.39 is 5.54 Å². The fourth-order valence-electron chi connectivity index (χ4n) is 1.62. The minimum absolute atomic E-state index is 0.240. The predicted molar refractivity (Wildman–Crippen MR) is 45.7 cm³/mol. The summed E-state index contributed by atoms with van der Waals surface area (Å²) in [4.78, 5) is 13.1. The molecule has 0 aromatic rings. The lowest BCUT2D eigenvalue weighted by Gasteiger charge is -2.39. The Morgan fingerprint density at radius 2 is 1.92 bits per heavy atom. The first kappa shape index (κ1) is 9.48. The van der Waals surface area contributed by atoms with E-state index in [1.54, 1.807) is 0 Å². The second-order valence-corrected chi connectivity index (χ2v) is 3.40. The number of carbonyl (C=O) groups is 1. The Balaban J connectivity index is 2.77. The lowest BCUT2D eigenvalue weighted by molar-refractivity contribution is -0.134. The standard InChI is InChI=1S/C8H16N2O2/c1-10(2)8(7(9)11)3-5-12-6-4-8/h3-6H2,1-2H3,(H2,9,11). The largest absolute Gasteiger partial charge is 0.381 e. The SMILES string of the molecule is CN(C)C1(C(N)=O)CCOCC1. The number of primary amides is 1. The van der Waals surface area contributed by atoms with Crippen molar-refractivity contribution in [2.45, 2.75) is 18.4 Å². The van der Waals surface area contributed by atoms with Gasteiger partial charge in [-0.3, -0.25) is 9.69 Å². The summed E-state index contributed by atoms with van der Waals surface area (Å²) in [6.07, 6.45) is 1.41. The first-order chi connectivity index (χ1) is 5.59. The molecule has 1 aliphatic heterocycles. The Kier molecular flexibility index (Phi) is 2.69. The topological polar surface area (TPSA) is 55.6 Å². The molecular formula is C8H16N2O2. The molecule has 4 nitrogen and oxygen atoms in total. The summed E-state index contributed by atoms with van der Waals surface area (Å²) in [5.41, 5.74) is 4.89. The van der Waals surface area contributed by atoms with E-state index in [1.807, 2.05) is 19.0 Å². The van der Waals surface area contributed by atoms with Gasteiger partial charge in [-0.15, -0.1) is 0 Å². The van der Waals surface area contributed by atoms with E-state index in [-0.39, 0.29) is 5.91 Å². The predicted octanol–water partition coefficient (Wildman–Crippen LogP) is -0.417. The first-order valence-electron chi connectivity index (χ1n) is 4.15. The molecule has 1 fully saturated rings. The highest BCUT2D eigenvalue weighted by atomic mass is 16.5. The van der Waals surface area contributed by atoms with E-state index in [9.17, 15) is 4.79 Å². The highest BCUT2D eigenvalue weighted by molar-refractivity contribution is 5.84. The summed E-state index contributed by atoms with van der Waals surface area (Å²) < 4.78 is 5.19. The van der Waals surface area contributed by atoms with Gasteiger partial charge in [0.05, 0.1) is 0 Å². The normalized spacial score (nSPS) is 22.6. The van der Waals surface area contributed by atoms with Crippen LogP contribution in [0.15, 0.2) is 0 Å². The number of nitrogens with two attached hydrogens (primary N) is 1. The molecule has 2 N–H and O–H groups in total. The van der Waals surface area contributed by atoms with Crippen molar-refractivity contribution in [3.63, 3.8) is 0 Å². The molecule has 1 heterocycles. The van der Waals surface area contributed by atoms with Crippen molar-refractivity contribution in [1.82, 2.24) is 4.90 Å². The Morgan fingerprint density at radius 1 is 1.42 bits per heavy atom.